The van der Waals surface area contributed by atoms with E-state index >= 15 is 0 Å². The molecule has 6 heteroatoms. The molecule has 2 aromatic rings. The molecule has 1 fully saturated rings. The average molecular weight is 299 g/mol. The molecule has 1 aromatic heterocycles. The van der Waals surface area contributed by atoms with Gasteiger partial charge in [0.1, 0.15) is 5.75 Å². The molecule has 2 N–H and O–H groups in total. The van der Waals surface area contributed by atoms with Crippen molar-refractivity contribution < 1.29 is 14.3 Å². The van der Waals surface area contributed by atoms with Crippen molar-refractivity contribution in [2.45, 2.75) is 12.5 Å². The normalized spacial score (nSPS) is 18.2. The number of nitrogens with two attached hydrogens (primary N) is 1. The highest BCUT2D eigenvalue weighted by Crippen LogP contribution is 2.18. The Morgan fingerprint density at radius 3 is 2.77 bits per heavy atom. The molecule has 1 aliphatic rings. The van der Waals surface area contributed by atoms with Crippen molar-refractivity contribution in [3.8, 4) is 11.6 Å². The van der Waals surface area contributed by atoms with Crippen molar-refractivity contribution in [2.24, 2.45) is 10.9 Å². The fourth-order valence-corrected chi connectivity index (χ4v) is 1.98. The first-order chi connectivity index (χ1) is 10.8. The largest absolute Gasteiger partial charge is 0.439 e. The zero-order valence-electron chi connectivity index (χ0n) is 12.0. The zero-order valence-corrected chi connectivity index (χ0v) is 12.0. The molecule has 0 aliphatic carbocycles. The highest BCUT2D eigenvalue weighted by Gasteiger charge is 2.17. The van der Waals surface area contributed by atoms with Gasteiger partial charge >= 0.3 is 0 Å². The molecule has 0 bridgehead atoms. The SMILES string of the molecule is N/C(=N\OC1CCOC1)c1ccc(Oc2ccccc2)nc1. The molecule has 1 aliphatic heterocycles. The van der Waals surface area contributed by atoms with Gasteiger partial charge in [0, 0.05) is 24.2 Å². The smallest absolute Gasteiger partial charge is 0.219 e. The maximum absolute atomic E-state index is 5.88. The summed E-state index contributed by atoms with van der Waals surface area (Å²) in [5.41, 5.74) is 6.56. The number of amidine groups is 1. The number of para-hydroxylation sites is 1. The number of nitrogens with zero attached hydrogens (tertiary/aromatic N) is 2. The Bertz CT molecular complexity index is 623. The van der Waals surface area contributed by atoms with Gasteiger partial charge < -0.3 is 20.0 Å². The van der Waals surface area contributed by atoms with Crippen LogP contribution in [0.4, 0.5) is 0 Å². The summed E-state index contributed by atoms with van der Waals surface area (Å²) in [6.07, 6.45) is 2.41. The van der Waals surface area contributed by atoms with Crippen LogP contribution in [0.2, 0.25) is 0 Å². The molecule has 1 saturated heterocycles. The predicted octanol–water partition coefficient (Wildman–Crippen LogP) is 2.30. The first-order valence-electron chi connectivity index (χ1n) is 7.07. The van der Waals surface area contributed by atoms with E-state index < -0.39 is 0 Å². The van der Waals surface area contributed by atoms with E-state index in [1.165, 1.54) is 0 Å². The lowest BCUT2D eigenvalue weighted by atomic mass is 10.2. The maximum atomic E-state index is 5.88. The van der Waals surface area contributed by atoms with E-state index in [9.17, 15) is 0 Å². The molecule has 0 amide bonds. The molecule has 3 rings (SSSR count). The third kappa shape index (κ3) is 3.73. The van der Waals surface area contributed by atoms with Crippen LogP contribution in [0.25, 0.3) is 0 Å². The number of aromatic nitrogens is 1. The molecule has 1 atom stereocenters. The molecule has 1 aromatic carbocycles. The average Bonchev–Trinajstić information content (AvgIpc) is 3.08. The quantitative estimate of drug-likeness (QED) is 0.520. The molecule has 0 radical (unpaired) electrons. The van der Waals surface area contributed by atoms with Crippen LogP contribution in [-0.2, 0) is 9.57 Å². The predicted molar refractivity (Wildman–Crippen MR) is 81.8 cm³/mol. The van der Waals surface area contributed by atoms with Gasteiger partial charge in [-0.25, -0.2) is 4.98 Å². The van der Waals surface area contributed by atoms with Gasteiger partial charge in [0.2, 0.25) is 5.88 Å². The number of hydrogen-bond acceptors (Lipinski definition) is 5. The van der Waals surface area contributed by atoms with E-state index in [2.05, 4.69) is 10.1 Å². The van der Waals surface area contributed by atoms with E-state index in [0.717, 1.165) is 12.2 Å². The first-order valence-corrected chi connectivity index (χ1v) is 7.07. The van der Waals surface area contributed by atoms with Gasteiger partial charge in [-0.1, -0.05) is 23.4 Å². The topological polar surface area (TPSA) is 79.0 Å². The summed E-state index contributed by atoms with van der Waals surface area (Å²) in [6.45, 7) is 1.26. The third-order valence-corrected chi connectivity index (χ3v) is 3.19. The molecular formula is C16H17N3O3. The van der Waals surface area contributed by atoms with E-state index in [0.29, 0.717) is 24.7 Å². The van der Waals surface area contributed by atoms with Crippen LogP contribution in [0.1, 0.15) is 12.0 Å². The number of rotatable bonds is 5. The van der Waals surface area contributed by atoms with E-state index in [4.69, 9.17) is 20.0 Å². The molecule has 1 unspecified atom stereocenters. The number of ether oxygens (including phenoxy) is 2. The summed E-state index contributed by atoms with van der Waals surface area (Å²) in [7, 11) is 0. The summed E-state index contributed by atoms with van der Waals surface area (Å²) >= 11 is 0. The Morgan fingerprint density at radius 2 is 2.09 bits per heavy atom. The molecule has 6 nitrogen and oxygen atoms in total. The Hall–Kier alpha value is -2.60. The maximum Gasteiger partial charge on any atom is 0.219 e. The van der Waals surface area contributed by atoms with Crippen LogP contribution < -0.4 is 10.5 Å². The molecular weight excluding hydrogens is 282 g/mol. The minimum absolute atomic E-state index is 0.0211. The van der Waals surface area contributed by atoms with Crippen molar-refractivity contribution in [1.82, 2.24) is 4.98 Å². The second kappa shape index (κ2) is 6.91. The van der Waals surface area contributed by atoms with Crippen LogP contribution in [0.3, 0.4) is 0 Å². The Morgan fingerprint density at radius 1 is 1.23 bits per heavy atom. The van der Waals surface area contributed by atoms with Crippen molar-refractivity contribution in [2.75, 3.05) is 13.2 Å². The minimum Gasteiger partial charge on any atom is -0.439 e. The summed E-state index contributed by atoms with van der Waals surface area (Å²) < 4.78 is 10.8. The van der Waals surface area contributed by atoms with Crippen molar-refractivity contribution in [3.63, 3.8) is 0 Å². The molecule has 22 heavy (non-hydrogen) atoms. The molecule has 0 spiro atoms. The first kappa shape index (κ1) is 14.3. The van der Waals surface area contributed by atoms with Crippen LogP contribution in [-0.4, -0.2) is 30.1 Å². The summed E-state index contributed by atoms with van der Waals surface area (Å²) in [5, 5.41) is 3.92. The Balaban J connectivity index is 1.61. The summed E-state index contributed by atoms with van der Waals surface area (Å²) in [5.74, 6) is 1.51. The standard InChI is InChI=1S/C16H17N3O3/c17-16(19-22-14-8-9-20-11-14)12-6-7-15(18-10-12)21-13-4-2-1-3-5-13/h1-7,10,14H,8-9,11H2,(H2,17,19). The fourth-order valence-electron chi connectivity index (χ4n) is 1.98. The van der Waals surface area contributed by atoms with Gasteiger partial charge in [-0.3, -0.25) is 0 Å². The number of oxime groups is 1. The van der Waals surface area contributed by atoms with Crippen LogP contribution in [0.15, 0.2) is 53.8 Å². The second-order valence-electron chi connectivity index (χ2n) is 4.87. The van der Waals surface area contributed by atoms with Crippen molar-refractivity contribution in [1.29, 1.82) is 0 Å². The van der Waals surface area contributed by atoms with Gasteiger partial charge in [0.05, 0.1) is 13.2 Å². The van der Waals surface area contributed by atoms with Gasteiger partial charge in [0.25, 0.3) is 0 Å². The zero-order chi connectivity index (χ0) is 15.2. The summed E-state index contributed by atoms with van der Waals surface area (Å²) in [6, 6.07) is 13.0. The van der Waals surface area contributed by atoms with Crippen LogP contribution >= 0.6 is 0 Å². The van der Waals surface area contributed by atoms with Crippen LogP contribution in [0, 0.1) is 0 Å². The highest BCUT2D eigenvalue weighted by atomic mass is 16.7. The fraction of sp³-hybridized carbons (Fsp3) is 0.250. The lowest BCUT2D eigenvalue weighted by Crippen LogP contribution is -2.17. The number of benzene rings is 1. The van der Waals surface area contributed by atoms with Gasteiger partial charge in [-0.2, -0.15) is 0 Å². The van der Waals surface area contributed by atoms with Crippen molar-refractivity contribution in [3.05, 3.63) is 54.2 Å². The minimum atomic E-state index is -0.0211. The lowest BCUT2D eigenvalue weighted by molar-refractivity contribution is 0.0473. The number of pyridine rings is 1. The van der Waals surface area contributed by atoms with E-state index in [-0.39, 0.29) is 11.9 Å². The van der Waals surface area contributed by atoms with Gasteiger partial charge in [-0.05, 0) is 18.2 Å². The molecule has 2 heterocycles. The van der Waals surface area contributed by atoms with E-state index in [1.54, 1.807) is 18.3 Å². The van der Waals surface area contributed by atoms with Gasteiger partial charge in [-0.15, -0.1) is 0 Å². The Kier molecular flexibility index (Phi) is 4.50. The van der Waals surface area contributed by atoms with E-state index in [1.807, 2.05) is 30.3 Å². The molecule has 114 valence electrons. The Labute approximate surface area is 128 Å². The van der Waals surface area contributed by atoms with Gasteiger partial charge in [0.15, 0.2) is 11.9 Å². The second-order valence-corrected chi connectivity index (χ2v) is 4.87. The van der Waals surface area contributed by atoms with Crippen LogP contribution in [0.5, 0.6) is 11.6 Å². The third-order valence-electron chi connectivity index (χ3n) is 3.19. The lowest BCUT2D eigenvalue weighted by Gasteiger charge is -2.07. The highest BCUT2D eigenvalue weighted by molar-refractivity contribution is 5.96. The monoisotopic (exact) mass is 299 g/mol. The summed E-state index contributed by atoms with van der Waals surface area (Å²) in [4.78, 5) is 9.54. The number of hydrogen-bond donors (Lipinski definition) is 1. The molecule has 0 saturated carbocycles. The van der Waals surface area contributed by atoms with Crippen molar-refractivity contribution >= 4 is 5.84 Å².